The van der Waals surface area contributed by atoms with Crippen LogP contribution in [-0.2, 0) is 16.0 Å². The smallest absolute Gasteiger partial charge is 0.205 e. The first-order valence-electron chi connectivity index (χ1n) is 9.77. The fourth-order valence-electron chi connectivity index (χ4n) is 2.95. The highest BCUT2D eigenvalue weighted by Gasteiger charge is 2.15. The van der Waals surface area contributed by atoms with Gasteiger partial charge in [-0.2, -0.15) is 0 Å². The van der Waals surface area contributed by atoms with E-state index in [1.807, 2.05) is 0 Å². The standard InChI is InChI=1S/C24H28O8S/c1-27-17-11-21(29-3)19(22(12-17)30-4)8-7-16(25)15-33(26)10-9-20-23(31-5)13-18(28-2)14-24(20)32-6/h7-14H,15H2,1-6H3/b8-7-,10-9?. The van der Waals surface area contributed by atoms with Crippen LogP contribution in [0.4, 0.5) is 0 Å². The summed E-state index contributed by atoms with van der Waals surface area (Å²) in [4.78, 5) is 12.4. The summed E-state index contributed by atoms with van der Waals surface area (Å²) in [5.41, 5.74) is 1.16. The predicted molar refractivity (Wildman–Crippen MR) is 128 cm³/mol. The van der Waals surface area contributed by atoms with Crippen LogP contribution in [0, 0.1) is 0 Å². The van der Waals surface area contributed by atoms with Crippen molar-refractivity contribution in [2.24, 2.45) is 0 Å². The molecule has 0 aliphatic heterocycles. The summed E-state index contributed by atoms with van der Waals surface area (Å²) in [5, 5.41) is 1.42. The van der Waals surface area contributed by atoms with Gasteiger partial charge in [0.05, 0.1) is 53.8 Å². The van der Waals surface area contributed by atoms with E-state index in [1.165, 1.54) is 54.1 Å². The minimum Gasteiger partial charge on any atom is -0.612 e. The average Bonchev–Trinajstić information content (AvgIpc) is 2.84. The van der Waals surface area contributed by atoms with Crippen LogP contribution >= 0.6 is 0 Å². The molecule has 0 spiro atoms. The van der Waals surface area contributed by atoms with Crippen LogP contribution < -0.4 is 28.4 Å². The largest absolute Gasteiger partial charge is 0.612 e. The highest BCUT2D eigenvalue weighted by Crippen LogP contribution is 2.36. The van der Waals surface area contributed by atoms with Crippen LogP contribution in [0.1, 0.15) is 11.1 Å². The van der Waals surface area contributed by atoms with Crippen LogP contribution in [0.3, 0.4) is 0 Å². The highest BCUT2D eigenvalue weighted by atomic mass is 32.2. The Labute approximate surface area is 196 Å². The van der Waals surface area contributed by atoms with Gasteiger partial charge in [0, 0.05) is 30.3 Å². The molecule has 0 saturated heterocycles. The van der Waals surface area contributed by atoms with E-state index in [0.29, 0.717) is 45.6 Å². The highest BCUT2D eigenvalue weighted by molar-refractivity contribution is 7.95. The molecule has 2 aromatic rings. The van der Waals surface area contributed by atoms with Gasteiger partial charge in [-0.15, -0.1) is 0 Å². The van der Waals surface area contributed by atoms with Gasteiger partial charge in [-0.05, 0) is 23.3 Å². The molecule has 0 aromatic heterocycles. The van der Waals surface area contributed by atoms with Crippen molar-refractivity contribution < 1.29 is 37.8 Å². The van der Waals surface area contributed by atoms with Gasteiger partial charge in [-0.1, -0.05) is 0 Å². The van der Waals surface area contributed by atoms with E-state index in [-0.39, 0.29) is 11.5 Å². The Kier molecular flexibility index (Phi) is 9.96. The molecule has 0 aliphatic rings. The van der Waals surface area contributed by atoms with Gasteiger partial charge in [-0.25, -0.2) is 0 Å². The zero-order chi connectivity index (χ0) is 24.4. The summed E-state index contributed by atoms with van der Waals surface area (Å²) in [6, 6.07) is 6.75. The molecule has 9 heteroatoms. The van der Waals surface area contributed by atoms with Crippen molar-refractivity contribution in [3.8, 4) is 34.5 Å². The molecule has 1 atom stereocenters. The fraction of sp³-hybridized carbons (Fsp3) is 0.292. The molecule has 0 aliphatic carbocycles. The maximum absolute atomic E-state index is 12.5. The number of ether oxygens (including phenoxy) is 6. The van der Waals surface area contributed by atoms with Gasteiger partial charge in [0.2, 0.25) is 5.78 Å². The Hall–Kier alpha value is -3.30. The third kappa shape index (κ3) is 6.84. The normalized spacial score (nSPS) is 12.0. The summed E-state index contributed by atoms with van der Waals surface area (Å²) in [5.74, 6) is 2.54. The van der Waals surface area contributed by atoms with E-state index in [9.17, 15) is 9.35 Å². The van der Waals surface area contributed by atoms with Crippen LogP contribution in [0.5, 0.6) is 34.5 Å². The number of carbonyl (C=O) groups excluding carboxylic acids is 1. The number of rotatable bonds is 12. The topological polar surface area (TPSA) is 95.5 Å². The monoisotopic (exact) mass is 476 g/mol. The van der Waals surface area contributed by atoms with E-state index in [2.05, 4.69) is 0 Å². The van der Waals surface area contributed by atoms with E-state index in [4.69, 9.17) is 28.4 Å². The Morgan fingerprint density at radius 1 is 0.727 bits per heavy atom. The molecule has 0 heterocycles. The van der Waals surface area contributed by atoms with Gasteiger partial charge >= 0.3 is 0 Å². The number of carbonyl (C=O) groups is 1. The van der Waals surface area contributed by atoms with E-state index >= 15 is 0 Å². The lowest BCUT2D eigenvalue weighted by atomic mass is 10.1. The Morgan fingerprint density at radius 2 is 1.12 bits per heavy atom. The SMILES string of the molecule is COc1cc(OC)c(C=C[S+]([O-])CC(=O)/C=C\c2c(OC)cc(OC)cc2OC)c(OC)c1. The van der Waals surface area contributed by atoms with Gasteiger partial charge in [-0.3, -0.25) is 4.79 Å². The summed E-state index contributed by atoms with van der Waals surface area (Å²) in [6.45, 7) is 0. The third-order valence-corrected chi connectivity index (χ3v) is 5.62. The van der Waals surface area contributed by atoms with E-state index in [0.717, 1.165) is 0 Å². The first-order chi connectivity index (χ1) is 15.9. The zero-order valence-electron chi connectivity index (χ0n) is 19.5. The van der Waals surface area contributed by atoms with Crippen molar-refractivity contribution in [2.75, 3.05) is 48.4 Å². The molecule has 0 amide bonds. The van der Waals surface area contributed by atoms with Gasteiger partial charge in [0.1, 0.15) is 39.9 Å². The van der Waals surface area contributed by atoms with Crippen molar-refractivity contribution in [3.05, 3.63) is 46.9 Å². The minimum atomic E-state index is -1.56. The summed E-state index contributed by atoms with van der Waals surface area (Å²) in [6.07, 6.45) is 4.50. The molecule has 0 bridgehead atoms. The summed E-state index contributed by atoms with van der Waals surface area (Å²) >= 11 is -1.56. The van der Waals surface area contributed by atoms with Gasteiger partial charge < -0.3 is 33.0 Å². The van der Waals surface area contributed by atoms with E-state index < -0.39 is 11.2 Å². The first-order valence-corrected chi connectivity index (χ1v) is 11.1. The number of benzene rings is 2. The molecule has 178 valence electrons. The lowest BCUT2D eigenvalue weighted by molar-refractivity contribution is -0.112. The molecule has 0 N–H and O–H groups in total. The zero-order valence-corrected chi connectivity index (χ0v) is 20.3. The molecule has 2 rings (SSSR count). The lowest BCUT2D eigenvalue weighted by Gasteiger charge is -2.13. The first kappa shape index (κ1) is 26.0. The summed E-state index contributed by atoms with van der Waals surface area (Å²) < 4.78 is 44.4. The maximum Gasteiger partial charge on any atom is 0.205 e. The Morgan fingerprint density at radius 3 is 1.48 bits per heavy atom. The molecule has 0 fully saturated rings. The number of ketones is 1. The number of hydrogen-bond donors (Lipinski definition) is 0. The number of hydrogen-bond acceptors (Lipinski definition) is 8. The molecular weight excluding hydrogens is 448 g/mol. The molecule has 0 radical (unpaired) electrons. The second-order valence-electron chi connectivity index (χ2n) is 6.52. The fourth-order valence-corrected chi connectivity index (χ4v) is 3.71. The summed E-state index contributed by atoms with van der Waals surface area (Å²) in [7, 11) is 9.11. The molecule has 0 saturated carbocycles. The average molecular weight is 477 g/mol. The molecule has 8 nitrogen and oxygen atoms in total. The quantitative estimate of drug-likeness (QED) is 0.338. The van der Waals surface area contributed by atoms with Gasteiger partial charge in [0.25, 0.3) is 0 Å². The molecule has 1 unspecified atom stereocenters. The number of methoxy groups -OCH3 is 6. The predicted octanol–water partition coefficient (Wildman–Crippen LogP) is 3.74. The van der Waals surface area contributed by atoms with Crippen molar-refractivity contribution in [2.45, 2.75) is 0 Å². The van der Waals surface area contributed by atoms with Crippen LogP contribution in [-0.4, -0.2) is 58.7 Å². The van der Waals surface area contributed by atoms with Crippen molar-refractivity contribution >= 4 is 29.1 Å². The lowest BCUT2D eigenvalue weighted by Crippen LogP contribution is -2.11. The van der Waals surface area contributed by atoms with Crippen LogP contribution in [0.25, 0.3) is 12.2 Å². The minimum absolute atomic E-state index is 0.200. The molecular formula is C24H28O8S. The third-order valence-electron chi connectivity index (χ3n) is 4.61. The second-order valence-corrected chi connectivity index (χ2v) is 7.84. The van der Waals surface area contributed by atoms with Crippen LogP contribution in [0.15, 0.2) is 35.7 Å². The molecule has 33 heavy (non-hydrogen) atoms. The maximum atomic E-state index is 12.5. The number of allylic oxidation sites excluding steroid dienone is 1. The Bertz CT molecular complexity index is 966. The molecule has 2 aromatic carbocycles. The van der Waals surface area contributed by atoms with Crippen molar-refractivity contribution in [1.29, 1.82) is 0 Å². The van der Waals surface area contributed by atoms with E-state index in [1.54, 1.807) is 36.4 Å². The van der Waals surface area contributed by atoms with Crippen molar-refractivity contribution in [1.82, 2.24) is 0 Å². The Balaban J connectivity index is 2.17. The second kappa shape index (κ2) is 12.7. The van der Waals surface area contributed by atoms with Crippen LogP contribution in [0.2, 0.25) is 0 Å². The van der Waals surface area contributed by atoms with Crippen molar-refractivity contribution in [3.63, 3.8) is 0 Å². The van der Waals surface area contributed by atoms with Gasteiger partial charge in [0.15, 0.2) is 5.75 Å².